The average molecular weight is 492 g/mol. The van der Waals surface area contributed by atoms with Crippen molar-refractivity contribution in [3.8, 4) is 0 Å². The zero-order valence-electron chi connectivity index (χ0n) is 19.3. The smallest absolute Gasteiger partial charge is 0.308 e. The number of fused-ring (bicyclic) bond motifs is 2. The van der Waals surface area contributed by atoms with Gasteiger partial charge in [0.1, 0.15) is 0 Å². The number of aryl methyl sites for hydroxylation is 1. The van der Waals surface area contributed by atoms with E-state index < -0.39 is 4.87 Å². The largest absolute Gasteiger partial charge is 0.323 e. The van der Waals surface area contributed by atoms with E-state index in [1.54, 1.807) is 15.9 Å². The third kappa shape index (κ3) is 3.85. The number of nitrogens with one attached hydrogen (secondary N) is 1. The fourth-order valence-electron chi connectivity index (χ4n) is 4.81. The molecular weight excluding hydrogens is 466 g/mol. The Kier molecular flexibility index (Phi) is 5.61. The van der Waals surface area contributed by atoms with E-state index in [0.29, 0.717) is 23.8 Å². The Balaban J connectivity index is 1.59. The molecule has 7 heteroatoms. The van der Waals surface area contributed by atoms with Crippen molar-refractivity contribution < 1.29 is 9.59 Å². The van der Waals surface area contributed by atoms with Crippen LogP contribution in [0, 0.1) is 6.92 Å². The Morgan fingerprint density at radius 2 is 1.82 bits per heavy atom. The second-order valence-electron chi connectivity index (χ2n) is 9.43. The highest BCUT2D eigenvalue weighted by molar-refractivity contribution is 8.02. The summed E-state index contributed by atoms with van der Waals surface area (Å²) in [6, 6.07) is 22.8. The quantitative estimate of drug-likeness (QED) is 0.460. The van der Waals surface area contributed by atoms with Crippen molar-refractivity contribution in [3.63, 3.8) is 0 Å². The van der Waals surface area contributed by atoms with Crippen LogP contribution < -0.4 is 10.2 Å². The molecule has 3 amide bonds. The highest BCUT2D eigenvalue weighted by atomic mass is 35.5. The summed E-state index contributed by atoms with van der Waals surface area (Å²) in [6.45, 7) is 6.95. The Morgan fingerprint density at radius 1 is 1.06 bits per heavy atom. The number of hydrogen-bond donors (Lipinski definition) is 1. The van der Waals surface area contributed by atoms with Crippen molar-refractivity contribution in [3.05, 3.63) is 94.5 Å². The molecule has 0 aromatic heterocycles. The lowest BCUT2D eigenvalue weighted by atomic mass is 10.0. The molecule has 34 heavy (non-hydrogen) atoms. The molecule has 1 fully saturated rings. The van der Waals surface area contributed by atoms with Gasteiger partial charge in [0.25, 0.3) is 5.91 Å². The maximum absolute atomic E-state index is 14.3. The first-order valence-corrected chi connectivity index (χ1v) is 12.4. The van der Waals surface area contributed by atoms with Gasteiger partial charge in [-0.1, -0.05) is 54.1 Å². The number of rotatable bonds is 3. The summed E-state index contributed by atoms with van der Waals surface area (Å²) in [5.41, 5.74) is 4.32. The van der Waals surface area contributed by atoms with Crippen LogP contribution in [0.1, 0.15) is 30.5 Å². The van der Waals surface area contributed by atoms with Crippen LogP contribution in [0.5, 0.6) is 0 Å². The number of urea groups is 1. The van der Waals surface area contributed by atoms with Crippen molar-refractivity contribution in [2.45, 2.75) is 36.9 Å². The molecule has 5 nitrogen and oxygen atoms in total. The van der Waals surface area contributed by atoms with Crippen molar-refractivity contribution in [1.29, 1.82) is 0 Å². The molecule has 3 aromatic rings. The monoisotopic (exact) mass is 491 g/mol. The Morgan fingerprint density at radius 3 is 2.56 bits per heavy atom. The molecule has 1 unspecified atom stereocenters. The molecule has 3 aromatic carbocycles. The van der Waals surface area contributed by atoms with Gasteiger partial charge in [-0.3, -0.25) is 9.69 Å². The number of carbonyl (C=O) groups is 2. The van der Waals surface area contributed by atoms with Crippen LogP contribution in [0.4, 0.5) is 16.2 Å². The van der Waals surface area contributed by atoms with Crippen molar-refractivity contribution in [1.82, 2.24) is 4.90 Å². The lowest BCUT2D eigenvalue weighted by molar-refractivity contribution is -0.123. The molecule has 2 aliphatic heterocycles. The molecule has 1 N–H and O–H groups in total. The van der Waals surface area contributed by atoms with Gasteiger partial charge in [0, 0.05) is 27.6 Å². The third-order valence-electron chi connectivity index (χ3n) is 6.19. The van der Waals surface area contributed by atoms with Gasteiger partial charge in [-0.05, 0) is 62.2 Å². The first-order chi connectivity index (χ1) is 16.2. The summed E-state index contributed by atoms with van der Waals surface area (Å²) < 4.78 is -0.331. The first kappa shape index (κ1) is 22.8. The van der Waals surface area contributed by atoms with E-state index in [0.717, 1.165) is 22.4 Å². The van der Waals surface area contributed by atoms with Crippen molar-refractivity contribution >= 4 is 46.7 Å². The zero-order chi connectivity index (χ0) is 24.1. The van der Waals surface area contributed by atoms with E-state index >= 15 is 0 Å². The molecule has 2 heterocycles. The fourth-order valence-corrected chi connectivity index (χ4v) is 6.71. The summed E-state index contributed by atoms with van der Waals surface area (Å²) in [5, 5.41) is 3.55. The highest BCUT2D eigenvalue weighted by Crippen LogP contribution is 2.60. The maximum Gasteiger partial charge on any atom is 0.323 e. The molecule has 1 atom stereocenters. The second-order valence-corrected chi connectivity index (χ2v) is 11.8. The van der Waals surface area contributed by atoms with Crippen molar-refractivity contribution in [2.75, 3.05) is 16.8 Å². The Hall–Kier alpha value is -2.96. The van der Waals surface area contributed by atoms with E-state index in [1.165, 1.54) is 11.8 Å². The normalized spacial score (nSPS) is 20.6. The van der Waals surface area contributed by atoms with Gasteiger partial charge in [0.15, 0.2) is 4.87 Å². The summed E-state index contributed by atoms with van der Waals surface area (Å²) >= 11 is 7.94. The van der Waals surface area contributed by atoms with Gasteiger partial charge in [-0.2, -0.15) is 0 Å². The molecule has 0 aliphatic carbocycles. The lowest BCUT2D eigenvalue weighted by Crippen LogP contribution is -2.51. The summed E-state index contributed by atoms with van der Waals surface area (Å²) in [5.74, 6) is -0.122. The zero-order valence-corrected chi connectivity index (χ0v) is 20.9. The minimum Gasteiger partial charge on any atom is -0.308 e. The van der Waals surface area contributed by atoms with E-state index in [1.807, 2.05) is 73.7 Å². The molecular formula is C27H26ClN3O2S. The number of hydrogen-bond acceptors (Lipinski definition) is 3. The summed E-state index contributed by atoms with van der Waals surface area (Å²) in [6.07, 6.45) is 0. The number of carbonyl (C=O) groups excluding carboxylic acids is 2. The van der Waals surface area contributed by atoms with Crippen LogP contribution in [-0.4, -0.2) is 28.1 Å². The standard InChI is InChI=1S/C27H26ClN3O2S/c1-18-8-7-11-21(14-18)29-25(33)31-17-26(2,3)34-27(31)22-15-20(28)12-13-23(22)30(24(27)32)16-19-9-5-4-6-10-19/h4-15H,16-17H2,1-3H3,(H,29,33). The Bertz CT molecular complexity index is 1280. The lowest BCUT2D eigenvalue weighted by Gasteiger charge is -2.33. The summed E-state index contributed by atoms with van der Waals surface area (Å²) in [4.78, 5) is 30.2. The molecule has 0 radical (unpaired) electrons. The van der Waals surface area contributed by atoms with E-state index in [9.17, 15) is 9.59 Å². The number of amides is 3. The number of nitrogens with zero attached hydrogens (tertiary/aromatic N) is 2. The number of halogens is 1. The van der Waals surface area contributed by atoms with E-state index in [4.69, 9.17) is 11.6 Å². The van der Waals surface area contributed by atoms with Crippen LogP contribution in [-0.2, 0) is 16.2 Å². The highest BCUT2D eigenvalue weighted by Gasteiger charge is 2.63. The fraction of sp³-hybridized carbons (Fsp3) is 0.259. The van der Waals surface area contributed by atoms with Crippen LogP contribution in [0.2, 0.25) is 5.02 Å². The van der Waals surface area contributed by atoms with Gasteiger partial charge in [-0.15, -0.1) is 11.8 Å². The predicted molar refractivity (Wildman–Crippen MR) is 139 cm³/mol. The predicted octanol–water partition coefficient (Wildman–Crippen LogP) is 6.41. The molecule has 174 valence electrons. The number of benzene rings is 3. The number of anilines is 2. The van der Waals surface area contributed by atoms with Gasteiger partial charge in [0.2, 0.25) is 0 Å². The molecule has 0 saturated carbocycles. The minimum atomic E-state index is -1.19. The van der Waals surface area contributed by atoms with Gasteiger partial charge in [0.05, 0.1) is 12.2 Å². The molecule has 5 rings (SSSR count). The molecule has 0 bridgehead atoms. The van der Waals surface area contributed by atoms with Gasteiger partial charge < -0.3 is 10.2 Å². The molecule has 1 saturated heterocycles. The molecule has 2 aliphatic rings. The van der Waals surface area contributed by atoms with E-state index in [-0.39, 0.29) is 16.7 Å². The second kappa shape index (κ2) is 8.36. The van der Waals surface area contributed by atoms with Gasteiger partial charge in [-0.25, -0.2) is 4.79 Å². The maximum atomic E-state index is 14.3. The first-order valence-electron chi connectivity index (χ1n) is 11.2. The van der Waals surface area contributed by atoms with Crippen LogP contribution in [0.3, 0.4) is 0 Å². The van der Waals surface area contributed by atoms with E-state index in [2.05, 4.69) is 19.2 Å². The Labute approximate surface area is 209 Å². The van der Waals surface area contributed by atoms with Crippen LogP contribution in [0.25, 0.3) is 0 Å². The van der Waals surface area contributed by atoms with Crippen LogP contribution >= 0.6 is 23.4 Å². The third-order valence-corrected chi connectivity index (χ3v) is 8.02. The SMILES string of the molecule is Cc1cccc(NC(=O)N2CC(C)(C)SC23C(=O)N(Cc2ccccc2)c2ccc(Cl)cc23)c1. The topological polar surface area (TPSA) is 52.7 Å². The molecule has 1 spiro atoms. The summed E-state index contributed by atoms with van der Waals surface area (Å²) in [7, 11) is 0. The number of thioether (sulfide) groups is 1. The van der Waals surface area contributed by atoms with Crippen molar-refractivity contribution in [2.24, 2.45) is 0 Å². The average Bonchev–Trinajstić information content (AvgIpc) is 3.21. The van der Waals surface area contributed by atoms with Crippen LogP contribution in [0.15, 0.2) is 72.8 Å². The van der Waals surface area contributed by atoms with Gasteiger partial charge >= 0.3 is 6.03 Å². The minimum absolute atomic E-state index is 0.122.